The van der Waals surface area contributed by atoms with Crippen molar-refractivity contribution < 1.29 is 0 Å². The van der Waals surface area contributed by atoms with Gasteiger partial charge in [-0.3, -0.25) is 5.32 Å². The third-order valence-electron chi connectivity index (χ3n) is 9.39. The van der Waals surface area contributed by atoms with Crippen LogP contribution >= 0.6 is 0 Å². The summed E-state index contributed by atoms with van der Waals surface area (Å²) in [6, 6.07) is 51.7. The van der Waals surface area contributed by atoms with Gasteiger partial charge in [-0.25, -0.2) is 4.99 Å². The van der Waals surface area contributed by atoms with Crippen LogP contribution in [0.1, 0.15) is 40.3 Å². The molecule has 5 heteroatoms. The van der Waals surface area contributed by atoms with Crippen molar-refractivity contribution in [2.75, 3.05) is 0 Å². The highest BCUT2D eigenvalue weighted by molar-refractivity contribution is 6.04. The zero-order valence-corrected chi connectivity index (χ0v) is 25.8. The summed E-state index contributed by atoms with van der Waals surface area (Å²) >= 11 is 0. The Morgan fingerprint density at radius 1 is 0.617 bits per heavy atom. The van der Waals surface area contributed by atoms with Crippen LogP contribution in [0.2, 0.25) is 0 Å². The van der Waals surface area contributed by atoms with Crippen LogP contribution in [-0.4, -0.2) is 10.4 Å². The van der Waals surface area contributed by atoms with Crippen molar-refractivity contribution in [2.24, 2.45) is 4.99 Å². The van der Waals surface area contributed by atoms with E-state index in [0.29, 0.717) is 0 Å². The predicted molar refractivity (Wildman–Crippen MR) is 193 cm³/mol. The van der Waals surface area contributed by atoms with Crippen molar-refractivity contribution in [3.63, 3.8) is 0 Å². The maximum atomic E-state index is 5.13. The first-order valence-electron chi connectivity index (χ1n) is 16.2. The molecule has 2 aliphatic rings. The molecule has 0 aliphatic carbocycles. The number of hydrogen-bond acceptors (Lipinski definition) is 4. The van der Waals surface area contributed by atoms with Crippen molar-refractivity contribution in [1.29, 1.82) is 0 Å². The zero-order valence-electron chi connectivity index (χ0n) is 25.8. The minimum Gasteiger partial charge on any atom is -0.387 e. The molecule has 7 aromatic rings. The molecule has 0 saturated carbocycles. The summed E-state index contributed by atoms with van der Waals surface area (Å²) in [6.07, 6.45) is 3.90. The Kier molecular flexibility index (Phi) is 6.69. The molecule has 0 radical (unpaired) electrons. The maximum Gasteiger partial charge on any atom is 0.131 e. The van der Waals surface area contributed by atoms with E-state index in [4.69, 9.17) is 4.99 Å². The second-order valence-electron chi connectivity index (χ2n) is 12.1. The lowest BCUT2D eigenvalue weighted by molar-refractivity contribution is 0.409. The molecule has 0 amide bonds. The molecule has 3 N–H and O–H groups in total. The predicted octanol–water partition coefficient (Wildman–Crippen LogP) is 8.86. The van der Waals surface area contributed by atoms with Gasteiger partial charge in [0.15, 0.2) is 0 Å². The third-order valence-corrected chi connectivity index (χ3v) is 9.39. The number of amidine groups is 1. The van der Waals surface area contributed by atoms with Crippen LogP contribution in [-0.2, 0) is 6.54 Å². The highest BCUT2D eigenvalue weighted by Gasteiger charge is 2.28. The smallest absolute Gasteiger partial charge is 0.131 e. The van der Waals surface area contributed by atoms with E-state index in [1.54, 1.807) is 0 Å². The Bertz CT molecular complexity index is 2320. The highest BCUT2D eigenvalue weighted by atomic mass is 15.3. The number of nitrogens with one attached hydrogen (secondary N) is 3. The van der Waals surface area contributed by atoms with E-state index in [1.165, 1.54) is 55.3 Å². The molecule has 2 atom stereocenters. The number of hydrogen-bond donors (Lipinski definition) is 3. The van der Waals surface area contributed by atoms with Gasteiger partial charge in [0.1, 0.15) is 18.2 Å². The molecule has 6 aromatic carbocycles. The summed E-state index contributed by atoms with van der Waals surface area (Å²) in [6.45, 7) is 0.822. The molecule has 0 spiro atoms. The van der Waals surface area contributed by atoms with Gasteiger partial charge in [-0.1, -0.05) is 133 Å². The van der Waals surface area contributed by atoms with E-state index >= 15 is 0 Å². The first-order chi connectivity index (χ1) is 23.3. The minimum atomic E-state index is -0.194. The molecular weight excluding hydrogens is 574 g/mol. The number of nitrogens with zero attached hydrogens (tertiary/aromatic N) is 2. The highest BCUT2D eigenvalue weighted by Crippen LogP contribution is 2.40. The fraction of sp³-hybridized carbons (Fsp3) is 0.0714. The first-order valence-corrected chi connectivity index (χ1v) is 16.2. The minimum absolute atomic E-state index is 0.166. The summed E-state index contributed by atoms with van der Waals surface area (Å²) in [7, 11) is 0. The fourth-order valence-electron chi connectivity index (χ4n) is 7.22. The van der Waals surface area contributed by atoms with Gasteiger partial charge < -0.3 is 15.2 Å². The SMILES string of the molecule is C1=Cc2c(c3ccccc3n2-c2ccc(-c3ccccc3C3NC(c4ccccc4)=NC(c4ccccc4)N3)c3ccccc23)CN1. The number of fused-ring (bicyclic) bond motifs is 4. The quantitative estimate of drug-likeness (QED) is 0.183. The van der Waals surface area contributed by atoms with E-state index in [2.05, 4.69) is 166 Å². The molecular formula is C42H33N5. The number of benzene rings is 6. The molecule has 2 unspecified atom stereocenters. The van der Waals surface area contributed by atoms with Gasteiger partial charge in [0.25, 0.3) is 0 Å². The second-order valence-corrected chi connectivity index (χ2v) is 12.1. The molecule has 0 saturated heterocycles. The van der Waals surface area contributed by atoms with Crippen LogP contribution in [0.25, 0.3) is 44.6 Å². The van der Waals surface area contributed by atoms with Crippen LogP contribution in [0.4, 0.5) is 0 Å². The zero-order chi connectivity index (χ0) is 31.2. The van der Waals surface area contributed by atoms with Crippen LogP contribution < -0.4 is 16.0 Å². The topological polar surface area (TPSA) is 53.4 Å². The lowest BCUT2D eigenvalue weighted by Gasteiger charge is -2.33. The molecule has 2 aliphatic heterocycles. The van der Waals surface area contributed by atoms with Gasteiger partial charge >= 0.3 is 0 Å². The van der Waals surface area contributed by atoms with Crippen molar-refractivity contribution in [2.45, 2.75) is 18.9 Å². The number of rotatable bonds is 5. The van der Waals surface area contributed by atoms with Gasteiger partial charge in [0.2, 0.25) is 0 Å². The van der Waals surface area contributed by atoms with Crippen LogP contribution in [0.5, 0.6) is 0 Å². The molecule has 47 heavy (non-hydrogen) atoms. The second kappa shape index (κ2) is 11.5. The normalized spacial score (nSPS) is 17.1. The standard InChI is InChI=1S/C42H33N5/c1-3-13-28(14-4-1)40-44-41(29-15-5-2-6-16-29)46-42(45-40)35-21-10-8-18-31(35)32-23-24-38(33-19-9-7-17-30(32)33)47-37-22-12-11-20-34(37)36-27-43-26-25-39(36)47/h1-26,40,42-43,45H,27H2,(H,44,46). The average Bonchev–Trinajstić information content (AvgIpc) is 3.49. The first kappa shape index (κ1) is 27.4. The molecule has 0 bridgehead atoms. The lowest BCUT2D eigenvalue weighted by atomic mass is 9.92. The van der Waals surface area contributed by atoms with Gasteiger partial charge in [-0.15, -0.1) is 0 Å². The Hall–Kier alpha value is -5.91. The van der Waals surface area contributed by atoms with Gasteiger partial charge in [-0.05, 0) is 52.0 Å². The summed E-state index contributed by atoms with van der Waals surface area (Å²) < 4.78 is 2.43. The van der Waals surface area contributed by atoms with Crippen LogP contribution in [0.3, 0.4) is 0 Å². The summed E-state index contributed by atoms with van der Waals surface area (Å²) in [4.78, 5) is 5.13. The van der Waals surface area contributed by atoms with Crippen LogP contribution in [0.15, 0.2) is 157 Å². The van der Waals surface area contributed by atoms with E-state index in [1.807, 2.05) is 12.1 Å². The summed E-state index contributed by atoms with van der Waals surface area (Å²) in [5, 5.41) is 14.7. The Morgan fingerprint density at radius 3 is 2.17 bits per heavy atom. The van der Waals surface area contributed by atoms with E-state index in [-0.39, 0.29) is 12.3 Å². The average molecular weight is 608 g/mol. The van der Waals surface area contributed by atoms with E-state index in [9.17, 15) is 0 Å². The van der Waals surface area contributed by atoms with Gasteiger partial charge in [-0.2, -0.15) is 0 Å². The summed E-state index contributed by atoms with van der Waals surface area (Å²) in [5.41, 5.74) is 10.7. The largest absolute Gasteiger partial charge is 0.387 e. The maximum absolute atomic E-state index is 5.13. The van der Waals surface area contributed by atoms with Crippen molar-refractivity contribution in [1.82, 2.24) is 20.5 Å². The van der Waals surface area contributed by atoms with Crippen molar-refractivity contribution >= 4 is 33.6 Å². The number of aromatic nitrogens is 1. The Labute approximate surface area is 273 Å². The fourth-order valence-corrected chi connectivity index (χ4v) is 7.22. The molecule has 9 rings (SSSR count). The van der Waals surface area contributed by atoms with Crippen molar-refractivity contribution in [3.05, 3.63) is 180 Å². The Morgan fingerprint density at radius 2 is 1.32 bits per heavy atom. The molecule has 5 nitrogen and oxygen atoms in total. The monoisotopic (exact) mass is 607 g/mol. The molecule has 226 valence electrons. The van der Waals surface area contributed by atoms with E-state index < -0.39 is 0 Å². The van der Waals surface area contributed by atoms with Gasteiger partial charge in [0, 0.05) is 28.4 Å². The Balaban J connectivity index is 1.19. The molecule has 1 aromatic heterocycles. The lowest BCUT2D eigenvalue weighted by Crippen LogP contribution is -2.45. The summed E-state index contributed by atoms with van der Waals surface area (Å²) in [5.74, 6) is 0.880. The van der Waals surface area contributed by atoms with Gasteiger partial charge in [0.05, 0.1) is 16.9 Å². The molecule has 0 fully saturated rings. The number of aliphatic imine (C=N–C) groups is 1. The third kappa shape index (κ3) is 4.71. The number of para-hydroxylation sites is 1. The van der Waals surface area contributed by atoms with Crippen LogP contribution in [0, 0.1) is 0 Å². The van der Waals surface area contributed by atoms with Crippen molar-refractivity contribution in [3.8, 4) is 16.8 Å². The molecule has 3 heterocycles. The van der Waals surface area contributed by atoms with E-state index in [0.717, 1.165) is 23.5 Å².